The second-order valence-electron chi connectivity index (χ2n) is 4.00. The Morgan fingerprint density at radius 3 is 2.47 bits per heavy atom. The van der Waals surface area contributed by atoms with Crippen LogP contribution in [0.3, 0.4) is 0 Å². The number of ether oxygens (including phenoxy) is 1. The minimum Gasteiger partial charge on any atom is -0.497 e. The van der Waals surface area contributed by atoms with Crippen molar-refractivity contribution in [2.45, 2.75) is 26.7 Å². The molecule has 0 saturated heterocycles. The first kappa shape index (κ1) is 11.9. The van der Waals surface area contributed by atoms with Gasteiger partial charge in [0.1, 0.15) is 5.75 Å². The van der Waals surface area contributed by atoms with E-state index in [-0.39, 0.29) is 0 Å². The van der Waals surface area contributed by atoms with Gasteiger partial charge in [-0.3, -0.25) is 0 Å². The van der Waals surface area contributed by atoms with Crippen LogP contribution in [0.5, 0.6) is 5.75 Å². The molecule has 0 aromatic heterocycles. The van der Waals surface area contributed by atoms with Crippen LogP contribution < -0.4 is 10.1 Å². The molecule has 0 fully saturated rings. The van der Waals surface area contributed by atoms with Gasteiger partial charge in [0.05, 0.1) is 7.11 Å². The molecule has 0 heterocycles. The maximum Gasteiger partial charge on any atom is 0.119 e. The lowest BCUT2D eigenvalue weighted by molar-refractivity contribution is 0.415. The van der Waals surface area contributed by atoms with Crippen molar-refractivity contribution in [2.24, 2.45) is 5.92 Å². The summed E-state index contributed by atoms with van der Waals surface area (Å²) >= 11 is 0. The van der Waals surface area contributed by atoms with E-state index in [0.717, 1.165) is 18.2 Å². The summed E-state index contributed by atoms with van der Waals surface area (Å²) in [4.78, 5) is 0. The lowest BCUT2D eigenvalue weighted by Crippen LogP contribution is -2.10. The standard InChI is InChI=1S/C13H21NO/c1-4-5-11(2)10-14-12-6-8-13(15-3)9-7-12/h6-9,11,14H,4-5,10H2,1-3H3. The summed E-state index contributed by atoms with van der Waals surface area (Å²) in [5.41, 5.74) is 1.17. The predicted molar refractivity (Wildman–Crippen MR) is 65.6 cm³/mol. The number of hydrogen-bond donors (Lipinski definition) is 1. The minimum atomic E-state index is 0.733. The Labute approximate surface area is 92.6 Å². The smallest absolute Gasteiger partial charge is 0.119 e. The Balaban J connectivity index is 2.37. The molecule has 0 amide bonds. The second kappa shape index (κ2) is 6.33. The Hall–Kier alpha value is -1.18. The van der Waals surface area contributed by atoms with E-state index in [0.29, 0.717) is 0 Å². The Morgan fingerprint density at radius 2 is 1.93 bits per heavy atom. The van der Waals surface area contributed by atoms with Gasteiger partial charge in [0.15, 0.2) is 0 Å². The average Bonchev–Trinajstić information content (AvgIpc) is 2.27. The second-order valence-corrected chi connectivity index (χ2v) is 4.00. The van der Waals surface area contributed by atoms with E-state index in [9.17, 15) is 0 Å². The summed E-state index contributed by atoms with van der Waals surface area (Å²) < 4.78 is 5.11. The molecule has 0 saturated carbocycles. The van der Waals surface area contributed by atoms with Crippen molar-refractivity contribution < 1.29 is 4.74 Å². The van der Waals surface area contributed by atoms with Crippen LogP contribution >= 0.6 is 0 Å². The maximum atomic E-state index is 5.11. The summed E-state index contributed by atoms with van der Waals surface area (Å²) in [5.74, 6) is 1.64. The molecule has 1 aromatic carbocycles. The zero-order valence-corrected chi connectivity index (χ0v) is 9.92. The van der Waals surface area contributed by atoms with Crippen LogP contribution in [0, 0.1) is 5.92 Å². The highest BCUT2D eigenvalue weighted by Gasteiger charge is 2.00. The molecule has 2 nitrogen and oxygen atoms in total. The van der Waals surface area contributed by atoms with E-state index in [1.54, 1.807) is 7.11 Å². The third-order valence-corrected chi connectivity index (χ3v) is 2.53. The van der Waals surface area contributed by atoms with Crippen LogP contribution in [0.1, 0.15) is 26.7 Å². The molecule has 0 aliphatic carbocycles. The van der Waals surface area contributed by atoms with Gasteiger partial charge in [0, 0.05) is 12.2 Å². The molecule has 1 N–H and O–H groups in total. The topological polar surface area (TPSA) is 21.3 Å². The molecule has 0 radical (unpaired) electrons. The number of rotatable bonds is 6. The Kier molecular flexibility index (Phi) is 5.02. The summed E-state index contributed by atoms with van der Waals surface area (Å²) in [6.07, 6.45) is 2.54. The van der Waals surface area contributed by atoms with Gasteiger partial charge in [-0.15, -0.1) is 0 Å². The van der Waals surface area contributed by atoms with E-state index < -0.39 is 0 Å². The van der Waals surface area contributed by atoms with Crippen LogP contribution in [-0.2, 0) is 0 Å². The lowest BCUT2D eigenvalue weighted by Gasteiger charge is -2.12. The van der Waals surface area contributed by atoms with Crippen molar-refractivity contribution in [3.05, 3.63) is 24.3 Å². The van der Waals surface area contributed by atoms with E-state index in [4.69, 9.17) is 4.74 Å². The summed E-state index contributed by atoms with van der Waals surface area (Å²) in [6.45, 7) is 5.55. The summed E-state index contributed by atoms with van der Waals surface area (Å²) in [7, 11) is 1.69. The van der Waals surface area contributed by atoms with Crippen molar-refractivity contribution >= 4 is 5.69 Å². The molecule has 0 aliphatic rings. The largest absolute Gasteiger partial charge is 0.497 e. The number of hydrogen-bond acceptors (Lipinski definition) is 2. The van der Waals surface area contributed by atoms with E-state index >= 15 is 0 Å². The van der Waals surface area contributed by atoms with Crippen molar-refractivity contribution in [1.29, 1.82) is 0 Å². The SMILES string of the molecule is CCCC(C)CNc1ccc(OC)cc1. The molecule has 1 unspecified atom stereocenters. The molecular formula is C13H21NO. The molecule has 2 heteroatoms. The van der Waals surface area contributed by atoms with Gasteiger partial charge >= 0.3 is 0 Å². The maximum absolute atomic E-state index is 5.11. The highest BCUT2D eigenvalue weighted by molar-refractivity contribution is 5.46. The van der Waals surface area contributed by atoms with Gasteiger partial charge in [-0.2, -0.15) is 0 Å². The van der Waals surface area contributed by atoms with Gasteiger partial charge in [-0.1, -0.05) is 20.3 Å². The average molecular weight is 207 g/mol. The van der Waals surface area contributed by atoms with Gasteiger partial charge in [0.2, 0.25) is 0 Å². The Bertz CT molecular complexity index is 268. The molecular weight excluding hydrogens is 186 g/mol. The quantitative estimate of drug-likeness (QED) is 0.770. The molecule has 0 spiro atoms. The van der Waals surface area contributed by atoms with Gasteiger partial charge in [-0.25, -0.2) is 0 Å². The number of nitrogens with one attached hydrogen (secondary N) is 1. The van der Waals surface area contributed by atoms with Crippen LogP contribution in [0.4, 0.5) is 5.69 Å². The zero-order valence-electron chi connectivity index (χ0n) is 9.92. The molecule has 1 atom stereocenters. The third-order valence-electron chi connectivity index (χ3n) is 2.53. The van der Waals surface area contributed by atoms with Crippen LogP contribution in [-0.4, -0.2) is 13.7 Å². The van der Waals surface area contributed by atoms with Crippen molar-refractivity contribution in [1.82, 2.24) is 0 Å². The third kappa shape index (κ3) is 4.24. The highest BCUT2D eigenvalue weighted by atomic mass is 16.5. The fourth-order valence-corrected chi connectivity index (χ4v) is 1.60. The molecule has 0 aliphatic heterocycles. The first-order chi connectivity index (χ1) is 7.26. The Morgan fingerprint density at radius 1 is 1.27 bits per heavy atom. The molecule has 15 heavy (non-hydrogen) atoms. The monoisotopic (exact) mass is 207 g/mol. The van der Waals surface area contributed by atoms with Crippen LogP contribution in [0.25, 0.3) is 0 Å². The van der Waals surface area contributed by atoms with Crippen LogP contribution in [0.2, 0.25) is 0 Å². The molecule has 1 aromatic rings. The van der Waals surface area contributed by atoms with Crippen molar-refractivity contribution in [2.75, 3.05) is 19.0 Å². The molecule has 1 rings (SSSR count). The predicted octanol–water partition coefficient (Wildman–Crippen LogP) is 3.54. The van der Waals surface area contributed by atoms with Crippen molar-refractivity contribution in [3.8, 4) is 5.75 Å². The normalized spacial score (nSPS) is 12.2. The zero-order chi connectivity index (χ0) is 11.1. The van der Waals surface area contributed by atoms with E-state index in [1.807, 2.05) is 12.1 Å². The number of anilines is 1. The van der Waals surface area contributed by atoms with Gasteiger partial charge in [-0.05, 0) is 36.6 Å². The minimum absolute atomic E-state index is 0.733. The molecule has 0 bridgehead atoms. The molecule has 84 valence electrons. The number of benzene rings is 1. The first-order valence-corrected chi connectivity index (χ1v) is 5.64. The fraction of sp³-hybridized carbons (Fsp3) is 0.538. The summed E-state index contributed by atoms with van der Waals surface area (Å²) in [5, 5.41) is 3.42. The highest BCUT2D eigenvalue weighted by Crippen LogP contribution is 2.15. The summed E-state index contributed by atoms with van der Waals surface area (Å²) in [6, 6.07) is 8.06. The van der Waals surface area contributed by atoms with E-state index in [2.05, 4.69) is 31.3 Å². The lowest BCUT2D eigenvalue weighted by atomic mass is 10.1. The van der Waals surface area contributed by atoms with Gasteiger partial charge < -0.3 is 10.1 Å². The van der Waals surface area contributed by atoms with Gasteiger partial charge in [0.25, 0.3) is 0 Å². The van der Waals surface area contributed by atoms with E-state index in [1.165, 1.54) is 18.5 Å². The van der Waals surface area contributed by atoms with Crippen molar-refractivity contribution in [3.63, 3.8) is 0 Å². The fourth-order valence-electron chi connectivity index (χ4n) is 1.60. The number of methoxy groups -OCH3 is 1. The first-order valence-electron chi connectivity index (χ1n) is 5.64. The van der Waals surface area contributed by atoms with Crippen LogP contribution in [0.15, 0.2) is 24.3 Å².